The van der Waals surface area contributed by atoms with E-state index in [2.05, 4.69) is 29.5 Å². The van der Waals surface area contributed by atoms with Gasteiger partial charge in [-0.05, 0) is 18.0 Å². The number of rotatable bonds is 1. The number of aromatic nitrogens is 1. The lowest BCUT2D eigenvalue weighted by atomic mass is 10.2. The molecule has 1 nitrogen and oxygen atoms in total. The zero-order valence-corrected chi connectivity index (χ0v) is 7.90. The first kappa shape index (κ1) is 7.74. The molecule has 2 heteroatoms. The zero-order valence-electron chi connectivity index (χ0n) is 7.08. The van der Waals surface area contributed by atoms with E-state index in [4.69, 9.17) is 0 Å². The van der Waals surface area contributed by atoms with Gasteiger partial charge in [0.15, 0.2) is 0 Å². The molecule has 0 saturated carbocycles. The summed E-state index contributed by atoms with van der Waals surface area (Å²) in [7, 11) is 0. The van der Waals surface area contributed by atoms with Crippen molar-refractivity contribution in [1.29, 1.82) is 0 Å². The third-order valence-electron chi connectivity index (χ3n) is 2.11. The van der Waals surface area contributed by atoms with Crippen LogP contribution in [0, 0.1) is 0 Å². The van der Waals surface area contributed by atoms with Crippen molar-refractivity contribution in [1.82, 2.24) is 4.37 Å². The third kappa shape index (κ3) is 1.34. The smallest absolute Gasteiger partial charge is 0.0482 e. The first-order valence-corrected chi connectivity index (χ1v) is 4.98. The molecule has 1 aliphatic rings. The number of nitrogens with zero attached hydrogens (tertiary/aromatic N) is 1. The fourth-order valence-electron chi connectivity index (χ4n) is 1.31. The fraction of sp³-hybridized carbons (Fsp3) is 0.300. The normalized spacial score (nSPS) is 15.2. The van der Waals surface area contributed by atoms with Gasteiger partial charge in [0.2, 0.25) is 0 Å². The van der Waals surface area contributed by atoms with Gasteiger partial charge in [0.1, 0.15) is 0 Å². The van der Waals surface area contributed by atoms with Crippen LogP contribution in [0.15, 0.2) is 23.9 Å². The molecule has 1 aliphatic carbocycles. The third-order valence-corrected chi connectivity index (χ3v) is 2.95. The minimum atomic E-state index is 1.05. The van der Waals surface area contributed by atoms with Gasteiger partial charge in [0.05, 0.1) is 0 Å². The molecule has 1 aromatic rings. The molecule has 0 aliphatic heterocycles. The van der Waals surface area contributed by atoms with Crippen LogP contribution in [-0.2, 0) is 6.42 Å². The summed E-state index contributed by atoms with van der Waals surface area (Å²) < 4.78 is 4.16. The predicted molar refractivity (Wildman–Crippen MR) is 53.2 cm³/mol. The molecule has 0 bridgehead atoms. The van der Waals surface area contributed by atoms with Crippen molar-refractivity contribution in [2.45, 2.75) is 19.8 Å². The highest BCUT2D eigenvalue weighted by molar-refractivity contribution is 7.06. The summed E-state index contributed by atoms with van der Waals surface area (Å²) in [4.78, 5) is 1.38. The first-order chi connectivity index (χ1) is 5.90. The molecule has 0 radical (unpaired) electrons. The van der Waals surface area contributed by atoms with Gasteiger partial charge >= 0.3 is 0 Å². The lowest BCUT2D eigenvalue weighted by molar-refractivity contribution is 1.13. The molecular formula is C10H11NS. The van der Waals surface area contributed by atoms with Gasteiger partial charge in [-0.15, -0.1) is 0 Å². The molecule has 0 unspecified atom stereocenters. The Bertz CT molecular complexity index is 333. The Morgan fingerprint density at radius 2 is 2.42 bits per heavy atom. The zero-order chi connectivity index (χ0) is 8.39. The van der Waals surface area contributed by atoms with Gasteiger partial charge in [-0.3, -0.25) is 0 Å². The van der Waals surface area contributed by atoms with Crippen molar-refractivity contribution < 1.29 is 0 Å². The Kier molecular flexibility index (Phi) is 2.09. The summed E-state index contributed by atoms with van der Waals surface area (Å²) in [5, 5.41) is 0. The van der Waals surface area contributed by atoms with Crippen LogP contribution in [0.5, 0.6) is 0 Å². The fourth-order valence-corrected chi connectivity index (χ4v) is 1.99. The van der Waals surface area contributed by atoms with Crippen molar-refractivity contribution in [2.75, 3.05) is 0 Å². The van der Waals surface area contributed by atoms with E-state index < -0.39 is 0 Å². The average molecular weight is 177 g/mol. The maximum absolute atomic E-state index is 4.16. The summed E-state index contributed by atoms with van der Waals surface area (Å²) in [6, 6.07) is 0. The molecule has 2 rings (SSSR count). The van der Waals surface area contributed by atoms with Crippen LogP contribution in [0.25, 0.3) is 6.08 Å². The molecule has 0 fully saturated rings. The number of allylic oxidation sites excluding steroid dienone is 3. The average Bonchev–Trinajstić information content (AvgIpc) is 2.46. The van der Waals surface area contributed by atoms with Crippen LogP contribution in [0.2, 0.25) is 0 Å². The topological polar surface area (TPSA) is 12.9 Å². The Hall–Kier alpha value is -0.890. The van der Waals surface area contributed by atoms with Gasteiger partial charge in [-0.25, -0.2) is 4.37 Å². The van der Waals surface area contributed by atoms with E-state index in [-0.39, 0.29) is 0 Å². The highest BCUT2D eigenvalue weighted by Crippen LogP contribution is 2.21. The lowest BCUT2D eigenvalue weighted by Crippen LogP contribution is -1.76. The molecule has 0 spiro atoms. The van der Waals surface area contributed by atoms with Crippen LogP contribution in [-0.4, -0.2) is 4.37 Å². The Morgan fingerprint density at radius 1 is 1.50 bits per heavy atom. The standard InChI is InChI=1S/C10H11NS/c1-2-8-3-5-9-7-11-12-10(9)6-4-8/h3-5,7H,2,6H2,1H3. The number of hydrogen-bond acceptors (Lipinski definition) is 2. The highest BCUT2D eigenvalue weighted by atomic mass is 32.1. The Labute approximate surface area is 76.6 Å². The molecule has 0 amide bonds. The van der Waals surface area contributed by atoms with E-state index >= 15 is 0 Å². The minimum absolute atomic E-state index is 1.05. The van der Waals surface area contributed by atoms with Gasteiger partial charge in [0, 0.05) is 23.1 Å². The lowest BCUT2D eigenvalue weighted by Gasteiger charge is -1.91. The Morgan fingerprint density at radius 3 is 3.25 bits per heavy atom. The SMILES string of the molecule is CCC1=CCc2sncc2C=C1. The summed E-state index contributed by atoms with van der Waals surface area (Å²) in [5.41, 5.74) is 2.72. The van der Waals surface area contributed by atoms with Crippen molar-refractivity contribution in [3.05, 3.63) is 34.4 Å². The molecule has 1 heterocycles. The van der Waals surface area contributed by atoms with E-state index in [9.17, 15) is 0 Å². The van der Waals surface area contributed by atoms with E-state index in [0.717, 1.165) is 12.8 Å². The van der Waals surface area contributed by atoms with Crippen molar-refractivity contribution in [3.8, 4) is 0 Å². The van der Waals surface area contributed by atoms with Gasteiger partial charge in [0.25, 0.3) is 0 Å². The van der Waals surface area contributed by atoms with Crippen LogP contribution in [0.3, 0.4) is 0 Å². The van der Waals surface area contributed by atoms with Crippen molar-refractivity contribution >= 4 is 17.6 Å². The largest absolute Gasteiger partial charge is 0.200 e. The van der Waals surface area contributed by atoms with Crippen LogP contribution >= 0.6 is 11.5 Å². The second-order valence-electron chi connectivity index (χ2n) is 2.87. The molecule has 12 heavy (non-hydrogen) atoms. The molecule has 1 aromatic heterocycles. The van der Waals surface area contributed by atoms with Gasteiger partial charge in [-0.1, -0.05) is 30.7 Å². The summed E-state index contributed by atoms with van der Waals surface area (Å²) >= 11 is 1.61. The van der Waals surface area contributed by atoms with Crippen LogP contribution < -0.4 is 0 Å². The molecular weight excluding hydrogens is 166 g/mol. The Balaban J connectivity index is 2.34. The summed E-state index contributed by atoms with van der Waals surface area (Å²) in [6.07, 6.45) is 10.8. The number of hydrogen-bond donors (Lipinski definition) is 0. The highest BCUT2D eigenvalue weighted by Gasteiger charge is 2.04. The van der Waals surface area contributed by atoms with E-state index in [1.165, 1.54) is 16.0 Å². The predicted octanol–water partition coefficient (Wildman–Crippen LogP) is 3.05. The van der Waals surface area contributed by atoms with Crippen molar-refractivity contribution in [3.63, 3.8) is 0 Å². The number of fused-ring (bicyclic) bond motifs is 1. The van der Waals surface area contributed by atoms with E-state index in [0.29, 0.717) is 0 Å². The maximum atomic E-state index is 4.16. The first-order valence-electron chi connectivity index (χ1n) is 4.21. The van der Waals surface area contributed by atoms with Crippen LogP contribution in [0.4, 0.5) is 0 Å². The molecule has 62 valence electrons. The van der Waals surface area contributed by atoms with Gasteiger partial charge in [-0.2, -0.15) is 0 Å². The van der Waals surface area contributed by atoms with E-state index in [1.54, 1.807) is 11.5 Å². The summed E-state index contributed by atoms with van der Waals surface area (Å²) in [6.45, 7) is 2.19. The van der Waals surface area contributed by atoms with E-state index in [1.807, 2.05) is 6.20 Å². The quantitative estimate of drug-likeness (QED) is 0.642. The van der Waals surface area contributed by atoms with Gasteiger partial charge < -0.3 is 0 Å². The summed E-state index contributed by atoms with van der Waals surface area (Å²) in [5.74, 6) is 0. The second kappa shape index (κ2) is 3.23. The second-order valence-corrected chi connectivity index (χ2v) is 3.76. The molecule has 0 saturated heterocycles. The minimum Gasteiger partial charge on any atom is -0.200 e. The molecule has 0 aromatic carbocycles. The maximum Gasteiger partial charge on any atom is 0.0482 e. The molecule has 0 N–H and O–H groups in total. The van der Waals surface area contributed by atoms with Crippen LogP contribution in [0.1, 0.15) is 23.8 Å². The monoisotopic (exact) mass is 177 g/mol. The van der Waals surface area contributed by atoms with Crippen molar-refractivity contribution in [2.24, 2.45) is 0 Å². The molecule has 0 atom stereocenters.